The topological polar surface area (TPSA) is 35.5 Å². The van der Waals surface area contributed by atoms with Crippen molar-refractivity contribution in [3.05, 3.63) is 0 Å². The Balaban J connectivity index is 3.18. The van der Waals surface area contributed by atoms with Crippen LogP contribution in [0.4, 0.5) is 0 Å². The molecule has 1 unspecified atom stereocenters. The van der Waals surface area contributed by atoms with Gasteiger partial charge < -0.3 is 9.47 Å². The van der Waals surface area contributed by atoms with Crippen LogP contribution in [0.15, 0.2) is 0 Å². The first-order valence-electron chi connectivity index (χ1n) is 15.8. The van der Waals surface area contributed by atoms with Crippen LogP contribution in [-0.4, -0.2) is 26.3 Å². The molecule has 0 aliphatic rings. The lowest BCUT2D eigenvalue weighted by molar-refractivity contribution is -0.140. The molecule has 0 bridgehead atoms. The number of ether oxygens (including phenoxy) is 2. The normalized spacial score (nSPS) is 12.2. The van der Waals surface area contributed by atoms with E-state index in [0.717, 1.165) is 19.3 Å². The van der Waals surface area contributed by atoms with E-state index in [2.05, 4.69) is 6.92 Å². The predicted molar refractivity (Wildman–Crippen MR) is 153 cm³/mol. The zero-order chi connectivity index (χ0) is 25.7. The van der Waals surface area contributed by atoms with Gasteiger partial charge in [-0.1, -0.05) is 155 Å². The van der Waals surface area contributed by atoms with Gasteiger partial charge in [0.15, 0.2) is 0 Å². The number of unbranched alkanes of at least 4 members (excludes halogenated alkanes) is 22. The molecule has 0 saturated heterocycles. The largest absolute Gasteiger partial charge is 0.469 e. The summed E-state index contributed by atoms with van der Waals surface area (Å²) < 4.78 is 10.3. The molecule has 0 spiro atoms. The van der Waals surface area contributed by atoms with Crippen LogP contribution in [0.3, 0.4) is 0 Å². The van der Waals surface area contributed by atoms with Crippen molar-refractivity contribution in [3.8, 4) is 0 Å². The third-order valence-corrected chi connectivity index (χ3v) is 7.60. The smallest absolute Gasteiger partial charge is 0.305 e. The van der Waals surface area contributed by atoms with Crippen LogP contribution in [0.1, 0.15) is 180 Å². The second kappa shape index (κ2) is 29.7. The summed E-state index contributed by atoms with van der Waals surface area (Å²) in [6.07, 6.45) is 36.6. The van der Waals surface area contributed by atoms with Gasteiger partial charge in [0.05, 0.1) is 13.2 Å². The molecule has 210 valence electrons. The van der Waals surface area contributed by atoms with Crippen LogP contribution in [0.2, 0.25) is 0 Å². The van der Waals surface area contributed by atoms with E-state index in [9.17, 15) is 4.79 Å². The molecular weight excluding hydrogens is 432 g/mol. The van der Waals surface area contributed by atoms with Crippen molar-refractivity contribution >= 4 is 5.97 Å². The van der Waals surface area contributed by atoms with Crippen molar-refractivity contribution in [1.82, 2.24) is 0 Å². The van der Waals surface area contributed by atoms with Crippen LogP contribution < -0.4 is 0 Å². The van der Waals surface area contributed by atoms with Gasteiger partial charge in [0.2, 0.25) is 0 Å². The first-order valence-corrected chi connectivity index (χ1v) is 15.8. The van der Waals surface area contributed by atoms with Crippen LogP contribution in [0.5, 0.6) is 0 Å². The minimum Gasteiger partial charge on any atom is -0.469 e. The Labute approximate surface area is 220 Å². The summed E-state index contributed by atoms with van der Waals surface area (Å²) in [6, 6.07) is 0. The lowest BCUT2D eigenvalue weighted by atomic mass is 10.0. The Morgan fingerprint density at radius 2 is 0.800 bits per heavy atom. The third-order valence-electron chi connectivity index (χ3n) is 7.60. The van der Waals surface area contributed by atoms with E-state index in [-0.39, 0.29) is 5.97 Å². The second-order valence-electron chi connectivity index (χ2n) is 10.9. The van der Waals surface area contributed by atoms with Gasteiger partial charge >= 0.3 is 5.97 Å². The predicted octanol–water partition coefficient (Wildman–Crippen LogP) is 10.7. The molecule has 1 atom stereocenters. The van der Waals surface area contributed by atoms with Gasteiger partial charge in [-0.25, -0.2) is 0 Å². The summed E-state index contributed by atoms with van der Waals surface area (Å²) in [4.78, 5) is 11.2. The summed E-state index contributed by atoms with van der Waals surface area (Å²) in [5.41, 5.74) is 0. The summed E-state index contributed by atoms with van der Waals surface area (Å²) >= 11 is 0. The number of hydrogen-bond acceptors (Lipinski definition) is 3. The van der Waals surface area contributed by atoms with Gasteiger partial charge in [0, 0.05) is 13.5 Å². The van der Waals surface area contributed by atoms with E-state index in [1.807, 2.05) is 0 Å². The SMILES string of the molecule is CCCCCCCCCCCCCCCCCCCCCCCCCC(CCCC(=O)OC)OC. The first kappa shape index (κ1) is 34.4. The number of methoxy groups -OCH3 is 2. The zero-order valence-corrected chi connectivity index (χ0v) is 24.4. The number of carbonyl (C=O) groups excluding carboxylic acids is 1. The first-order chi connectivity index (χ1) is 17.2. The van der Waals surface area contributed by atoms with Crippen molar-refractivity contribution in [2.75, 3.05) is 14.2 Å². The summed E-state index contributed by atoms with van der Waals surface area (Å²) in [7, 11) is 3.25. The number of carbonyl (C=O) groups is 1. The standard InChI is InChI=1S/C32H64O3/c1-4-5-6-7-8-9-10-11-12-13-14-15-16-17-18-19-20-21-22-23-24-25-26-28-31(34-2)29-27-30-32(33)35-3/h31H,4-30H2,1-3H3. The Morgan fingerprint density at radius 1 is 0.486 bits per heavy atom. The summed E-state index contributed by atoms with van der Waals surface area (Å²) in [5.74, 6) is -0.112. The highest BCUT2D eigenvalue weighted by molar-refractivity contribution is 5.68. The van der Waals surface area contributed by atoms with Gasteiger partial charge in [-0.15, -0.1) is 0 Å². The van der Waals surface area contributed by atoms with Gasteiger partial charge in [-0.05, 0) is 19.3 Å². The summed E-state index contributed by atoms with van der Waals surface area (Å²) in [6.45, 7) is 2.30. The molecule has 0 rings (SSSR count). The van der Waals surface area contributed by atoms with Gasteiger partial charge in [-0.3, -0.25) is 4.79 Å². The molecule has 0 aromatic heterocycles. The average molecular weight is 497 g/mol. The lowest BCUT2D eigenvalue weighted by Crippen LogP contribution is -2.11. The molecule has 0 aliphatic carbocycles. The average Bonchev–Trinajstić information content (AvgIpc) is 2.87. The van der Waals surface area contributed by atoms with Gasteiger partial charge in [0.25, 0.3) is 0 Å². The molecule has 3 nitrogen and oxygen atoms in total. The Hall–Kier alpha value is -0.570. The quantitative estimate of drug-likeness (QED) is 0.0762. The molecule has 0 aromatic carbocycles. The maximum atomic E-state index is 11.2. The molecule has 0 aliphatic heterocycles. The van der Waals surface area contributed by atoms with E-state index in [1.165, 1.54) is 155 Å². The molecule has 0 fully saturated rings. The lowest BCUT2D eigenvalue weighted by Gasteiger charge is -2.14. The number of esters is 1. The van der Waals surface area contributed by atoms with E-state index in [4.69, 9.17) is 9.47 Å². The van der Waals surface area contributed by atoms with Crippen molar-refractivity contribution in [1.29, 1.82) is 0 Å². The minimum absolute atomic E-state index is 0.112. The van der Waals surface area contributed by atoms with Crippen molar-refractivity contribution in [2.24, 2.45) is 0 Å². The maximum absolute atomic E-state index is 11.2. The monoisotopic (exact) mass is 496 g/mol. The second-order valence-corrected chi connectivity index (χ2v) is 10.9. The van der Waals surface area contributed by atoms with Crippen LogP contribution >= 0.6 is 0 Å². The highest BCUT2D eigenvalue weighted by Crippen LogP contribution is 2.17. The van der Waals surface area contributed by atoms with Gasteiger partial charge in [0.1, 0.15) is 0 Å². The molecular formula is C32H64O3. The van der Waals surface area contributed by atoms with E-state index in [0.29, 0.717) is 12.5 Å². The fourth-order valence-electron chi connectivity index (χ4n) is 5.11. The molecule has 0 heterocycles. The van der Waals surface area contributed by atoms with E-state index < -0.39 is 0 Å². The molecule has 3 heteroatoms. The maximum Gasteiger partial charge on any atom is 0.305 e. The van der Waals surface area contributed by atoms with E-state index in [1.54, 1.807) is 7.11 Å². The Bertz CT molecular complexity index is 410. The molecule has 0 amide bonds. The number of rotatable bonds is 29. The van der Waals surface area contributed by atoms with Gasteiger partial charge in [-0.2, -0.15) is 0 Å². The minimum atomic E-state index is -0.112. The van der Waals surface area contributed by atoms with Crippen LogP contribution in [-0.2, 0) is 14.3 Å². The molecule has 0 radical (unpaired) electrons. The Morgan fingerprint density at radius 3 is 1.11 bits per heavy atom. The Kier molecular flexibility index (Phi) is 29.2. The third kappa shape index (κ3) is 27.9. The fourth-order valence-corrected chi connectivity index (χ4v) is 5.11. The van der Waals surface area contributed by atoms with Crippen LogP contribution in [0, 0.1) is 0 Å². The number of hydrogen-bond donors (Lipinski definition) is 0. The van der Waals surface area contributed by atoms with Crippen molar-refractivity contribution in [2.45, 2.75) is 186 Å². The zero-order valence-electron chi connectivity index (χ0n) is 24.4. The van der Waals surface area contributed by atoms with Crippen molar-refractivity contribution in [3.63, 3.8) is 0 Å². The molecule has 35 heavy (non-hydrogen) atoms. The van der Waals surface area contributed by atoms with E-state index >= 15 is 0 Å². The van der Waals surface area contributed by atoms with Crippen LogP contribution in [0.25, 0.3) is 0 Å². The molecule has 0 aromatic rings. The highest BCUT2D eigenvalue weighted by atomic mass is 16.5. The fraction of sp³-hybridized carbons (Fsp3) is 0.969. The summed E-state index contributed by atoms with van der Waals surface area (Å²) in [5, 5.41) is 0. The highest BCUT2D eigenvalue weighted by Gasteiger charge is 2.09. The molecule has 0 saturated carbocycles. The molecule has 0 N–H and O–H groups in total. The van der Waals surface area contributed by atoms with Crippen molar-refractivity contribution < 1.29 is 14.3 Å².